The Balaban J connectivity index is 1.54. The number of benzene rings is 2. The van der Waals surface area contributed by atoms with Gasteiger partial charge in [-0.3, -0.25) is 4.79 Å². The molecule has 2 heterocycles. The lowest BCUT2D eigenvalue weighted by atomic mass is 9.85. The summed E-state index contributed by atoms with van der Waals surface area (Å²) in [4.78, 5) is 32.8. The van der Waals surface area contributed by atoms with Crippen LogP contribution in [0.3, 0.4) is 0 Å². The molecule has 1 amide bonds. The minimum atomic E-state index is -0.370. The fourth-order valence-corrected chi connectivity index (χ4v) is 6.43. The molecule has 2 aromatic heterocycles. The van der Waals surface area contributed by atoms with Crippen molar-refractivity contribution in [1.29, 1.82) is 0 Å². The Morgan fingerprint density at radius 3 is 2.58 bits per heavy atom. The van der Waals surface area contributed by atoms with Crippen LogP contribution < -0.4 is 10.1 Å². The number of nitrogens with zero attached hydrogens (tertiary/aromatic N) is 1. The van der Waals surface area contributed by atoms with E-state index in [4.69, 9.17) is 14.5 Å². The van der Waals surface area contributed by atoms with Gasteiger partial charge in [0.2, 0.25) is 0 Å². The van der Waals surface area contributed by atoms with Crippen molar-refractivity contribution in [2.45, 2.75) is 46.5 Å². The third-order valence-electron chi connectivity index (χ3n) is 7.07. The van der Waals surface area contributed by atoms with Gasteiger partial charge in [-0.15, -0.1) is 11.3 Å². The average molecular weight is 529 g/mol. The molecule has 0 aliphatic heterocycles. The number of anilines is 1. The van der Waals surface area contributed by atoms with Crippen LogP contribution in [0.25, 0.3) is 22.2 Å². The van der Waals surface area contributed by atoms with Gasteiger partial charge in [-0.25, -0.2) is 9.78 Å². The lowest BCUT2D eigenvalue weighted by molar-refractivity contribution is 0.0526. The van der Waals surface area contributed by atoms with Gasteiger partial charge in [0.15, 0.2) is 0 Å². The summed E-state index contributed by atoms with van der Waals surface area (Å²) in [5, 5.41) is 4.41. The van der Waals surface area contributed by atoms with Gasteiger partial charge < -0.3 is 14.8 Å². The number of fused-ring (bicyclic) bond motifs is 2. The van der Waals surface area contributed by atoms with Gasteiger partial charge in [0, 0.05) is 15.8 Å². The van der Waals surface area contributed by atoms with E-state index in [1.165, 1.54) is 16.2 Å². The van der Waals surface area contributed by atoms with Crippen molar-refractivity contribution in [3.05, 3.63) is 76.2 Å². The van der Waals surface area contributed by atoms with Crippen LogP contribution in [0.1, 0.15) is 64.8 Å². The van der Waals surface area contributed by atoms with E-state index in [9.17, 15) is 9.59 Å². The van der Waals surface area contributed by atoms with E-state index < -0.39 is 0 Å². The van der Waals surface area contributed by atoms with E-state index in [0.717, 1.165) is 53.5 Å². The molecule has 0 saturated carbocycles. The molecule has 5 rings (SSSR count). The largest absolute Gasteiger partial charge is 0.494 e. The average Bonchev–Trinajstić information content (AvgIpc) is 3.30. The quantitative estimate of drug-likeness (QED) is 0.243. The summed E-state index contributed by atoms with van der Waals surface area (Å²) in [6.07, 6.45) is 3.90. The van der Waals surface area contributed by atoms with Crippen LogP contribution >= 0.6 is 11.3 Å². The highest BCUT2D eigenvalue weighted by molar-refractivity contribution is 7.17. The number of thiophene rings is 1. The molecule has 0 fully saturated rings. The molecule has 2 aromatic carbocycles. The fourth-order valence-electron chi connectivity index (χ4n) is 5.08. The van der Waals surface area contributed by atoms with Crippen LogP contribution in [0.2, 0.25) is 0 Å². The van der Waals surface area contributed by atoms with Crippen LogP contribution in [-0.4, -0.2) is 30.1 Å². The Labute approximate surface area is 227 Å². The number of rotatable bonds is 8. The molecule has 6 nitrogen and oxygen atoms in total. The highest BCUT2D eigenvalue weighted by atomic mass is 32.1. The summed E-state index contributed by atoms with van der Waals surface area (Å²) >= 11 is 1.51. The molecule has 1 atom stereocenters. The van der Waals surface area contributed by atoms with Crippen LogP contribution in [0.5, 0.6) is 5.75 Å². The molecule has 1 aliphatic carbocycles. The van der Waals surface area contributed by atoms with Crippen molar-refractivity contribution in [3.8, 4) is 17.0 Å². The number of carbonyl (C=O) groups excluding carboxylic acids is 2. The standard InChI is InChI=1S/C31H32N2O4S/c1-4-19-11-16-23-27(17-19)38-30(28(23)31(35)37-6-3)33-29(34)24-18-26(32-25-10-8-7-9-22(24)25)20-12-14-21(15-13-20)36-5-2/h7-10,12-15,18-19H,4-6,11,16-17H2,1-3H3,(H,33,34)/t19-/m0/s1. The van der Waals surface area contributed by atoms with Gasteiger partial charge in [0.1, 0.15) is 10.8 Å². The Bertz CT molecular complexity index is 1480. The van der Waals surface area contributed by atoms with E-state index in [1.54, 1.807) is 6.92 Å². The van der Waals surface area contributed by atoms with Gasteiger partial charge in [-0.05, 0) is 81.0 Å². The smallest absolute Gasteiger partial charge is 0.341 e. The van der Waals surface area contributed by atoms with Crippen LogP contribution in [0, 0.1) is 5.92 Å². The predicted molar refractivity (Wildman–Crippen MR) is 152 cm³/mol. The number of pyridine rings is 1. The second-order valence-corrected chi connectivity index (χ2v) is 10.5. The van der Waals surface area contributed by atoms with Crippen LogP contribution in [-0.2, 0) is 17.6 Å². The van der Waals surface area contributed by atoms with Crippen molar-refractivity contribution in [1.82, 2.24) is 4.98 Å². The highest BCUT2D eigenvalue weighted by Crippen LogP contribution is 2.41. The molecule has 7 heteroatoms. The number of amides is 1. The molecule has 4 aromatic rings. The zero-order chi connectivity index (χ0) is 26.6. The zero-order valence-electron chi connectivity index (χ0n) is 22.0. The first-order chi connectivity index (χ1) is 18.5. The maximum Gasteiger partial charge on any atom is 0.341 e. The van der Waals surface area contributed by atoms with E-state index >= 15 is 0 Å². The molecular formula is C31H32N2O4S. The molecule has 1 aliphatic rings. The summed E-state index contributed by atoms with van der Waals surface area (Å²) in [6.45, 7) is 6.83. The number of nitrogens with one attached hydrogen (secondary N) is 1. The molecule has 0 unspecified atom stereocenters. The Kier molecular flexibility index (Phi) is 7.74. The number of hydrogen-bond donors (Lipinski definition) is 1. The molecule has 0 saturated heterocycles. The molecule has 0 bridgehead atoms. The normalized spacial score (nSPS) is 14.7. The van der Waals surface area contributed by atoms with Crippen molar-refractivity contribution in [2.24, 2.45) is 5.92 Å². The van der Waals surface area contributed by atoms with E-state index in [-0.39, 0.29) is 18.5 Å². The number of hydrogen-bond acceptors (Lipinski definition) is 6. The number of carbonyl (C=O) groups is 2. The third kappa shape index (κ3) is 5.16. The van der Waals surface area contributed by atoms with Crippen LogP contribution in [0.15, 0.2) is 54.6 Å². The maximum absolute atomic E-state index is 13.8. The first-order valence-corrected chi connectivity index (χ1v) is 14.1. The van der Waals surface area contributed by atoms with Crippen molar-refractivity contribution >= 4 is 39.1 Å². The number of para-hydroxylation sites is 1. The fraction of sp³-hybridized carbons (Fsp3) is 0.323. The topological polar surface area (TPSA) is 77.5 Å². The number of esters is 1. The van der Waals surface area contributed by atoms with Crippen molar-refractivity contribution < 1.29 is 19.1 Å². The molecule has 0 spiro atoms. The molecule has 1 N–H and O–H groups in total. The monoisotopic (exact) mass is 528 g/mol. The second kappa shape index (κ2) is 11.4. The Morgan fingerprint density at radius 1 is 1.05 bits per heavy atom. The summed E-state index contributed by atoms with van der Waals surface area (Å²) in [5.41, 5.74) is 4.36. The van der Waals surface area contributed by atoms with Crippen molar-refractivity contribution in [2.75, 3.05) is 18.5 Å². The SMILES string of the molecule is CCOC(=O)c1c(NC(=O)c2cc(-c3ccc(OCC)cc3)nc3ccccc23)sc2c1CC[C@H](CC)C2. The van der Waals surface area contributed by atoms with E-state index in [1.807, 2.05) is 61.5 Å². The molecule has 196 valence electrons. The first kappa shape index (κ1) is 25.9. The minimum absolute atomic E-state index is 0.271. The Morgan fingerprint density at radius 2 is 1.84 bits per heavy atom. The predicted octanol–water partition coefficient (Wildman–Crippen LogP) is 7.31. The lowest BCUT2D eigenvalue weighted by Gasteiger charge is -2.20. The lowest BCUT2D eigenvalue weighted by Crippen LogP contribution is -2.17. The van der Waals surface area contributed by atoms with E-state index in [2.05, 4.69) is 12.2 Å². The first-order valence-electron chi connectivity index (χ1n) is 13.3. The summed E-state index contributed by atoms with van der Waals surface area (Å²) in [6, 6.07) is 17.1. The maximum atomic E-state index is 13.8. The van der Waals surface area contributed by atoms with Gasteiger partial charge >= 0.3 is 5.97 Å². The molecule has 0 radical (unpaired) electrons. The van der Waals surface area contributed by atoms with Crippen molar-refractivity contribution in [3.63, 3.8) is 0 Å². The highest BCUT2D eigenvalue weighted by Gasteiger charge is 2.30. The summed E-state index contributed by atoms with van der Waals surface area (Å²) in [7, 11) is 0. The van der Waals surface area contributed by atoms with Gasteiger partial charge in [0.05, 0.1) is 35.6 Å². The van der Waals surface area contributed by atoms with E-state index in [0.29, 0.717) is 34.3 Å². The summed E-state index contributed by atoms with van der Waals surface area (Å²) < 4.78 is 11.0. The van der Waals surface area contributed by atoms with Gasteiger partial charge in [0.25, 0.3) is 5.91 Å². The van der Waals surface area contributed by atoms with Gasteiger partial charge in [-0.1, -0.05) is 31.5 Å². The van der Waals surface area contributed by atoms with Gasteiger partial charge in [-0.2, -0.15) is 0 Å². The minimum Gasteiger partial charge on any atom is -0.494 e. The molecule has 38 heavy (non-hydrogen) atoms. The third-order valence-corrected chi connectivity index (χ3v) is 8.24. The Hall–Kier alpha value is -3.71. The second-order valence-electron chi connectivity index (χ2n) is 9.43. The van der Waals surface area contributed by atoms with Crippen LogP contribution in [0.4, 0.5) is 5.00 Å². The zero-order valence-corrected chi connectivity index (χ0v) is 22.8. The molecular weight excluding hydrogens is 496 g/mol. The number of aromatic nitrogens is 1. The number of ether oxygens (including phenoxy) is 2. The summed E-state index contributed by atoms with van der Waals surface area (Å²) in [5.74, 6) is 0.742.